The third-order valence-electron chi connectivity index (χ3n) is 4.58. The Morgan fingerprint density at radius 3 is 2.33 bits per heavy atom. The van der Waals surface area contributed by atoms with Crippen molar-refractivity contribution in [2.45, 2.75) is 6.18 Å². The molecule has 152 valence electrons. The second-order valence-corrected chi connectivity index (χ2v) is 6.52. The molecule has 0 saturated carbocycles. The highest BCUT2D eigenvalue weighted by Gasteiger charge is 2.30. The first-order valence-electron chi connectivity index (χ1n) is 8.94. The number of hydrogen-bond donors (Lipinski definition) is 2. The molecule has 0 atom stereocenters. The topological polar surface area (TPSA) is 85.8 Å². The predicted octanol–water partition coefficient (Wildman–Crippen LogP) is 4.09. The molecule has 6 nitrogen and oxygen atoms in total. The number of carbonyl (C=O) groups excluding carboxylic acids is 1. The lowest BCUT2D eigenvalue weighted by Crippen LogP contribution is -2.24. The summed E-state index contributed by atoms with van der Waals surface area (Å²) in [6, 6.07) is 11.5. The predicted molar refractivity (Wildman–Crippen MR) is 108 cm³/mol. The minimum Gasteiger partial charge on any atom is -0.384 e. The van der Waals surface area contributed by atoms with Crippen molar-refractivity contribution in [2.24, 2.45) is 0 Å². The summed E-state index contributed by atoms with van der Waals surface area (Å²) in [6.07, 6.45) is -2.95. The Morgan fingerprint density at radius 2 is 1.73 bits per heavy atom. The van der Waals surface area contributed by atoms with Crippen LogP contribution in [0, 0.1) is 0 Å². The molecule has 4 aromatic rings. The van der Waals surface area contributed by atoms with Crippen molar-refractivity contribution in [3.8, 4) is 5.69 Å². The van der Waals surface area contributed by atoms with Crippen LogP contribution in [0.25, 0.3) is 27.9 Å². The van der Waals surface area contributed by atoms with Gasteiger partial charge in [-0.15, -0.1) is 6.58 Å². The molecule has 2 heterocycles. The van der Waals surface area contributed by atoms with E-state index in [1.54, 1.807) is 24.3 Å². The van der Waals surface area contributed by atoms with Crippen molar-refractivity contribution >= 4 is 33.9 Å². The van der Waals surface area contributed by atoms with Crippen LogP contribution < -0.4 is 11.1 Å². The Bertz CT molecular complexity index is 1280. The molecular formula is C21H16F3N5O. The lowest BCUT2D eigenvalue weighted by atomic mass is 10.2. The number of benzene rings is 2. The maximum atomic E-state index is 12.9. The van der Waals surface area contributed by atoms with E-state index >= 15 is 0 Å². The van der Waals surface area contributed by atoms with Crippen molar-refractivity contribution in [3.63, 3.8) is 0 Å². The van der Waals surface area contributed by atoms with Crippen molar-refractivity contribution < 1.29 is 18.0 Å². The van der Waals surface area contributed by atoms with Gasteiger partial charge in [-0.2, -0.15) is 13.2 Å². The second kappa shape index (κ2) is 7.18. The van der Waals surface area contributed by atoms with Gasteiger partial charge >= 0.3 is 6.18 Å². The molecule has 0 spiro atoms. The Labute approximate surface area is 168 Å². The van der Waals surface area contributed by atoms with Crippen LogP contribution in [0.1, 0.15) is 15.9 Å². The van der Waals surface area contributed by atoms with Crippen LogP contribution in [-0.4, -0.2) is 27.0 Å². The SMILES string of the molecule is C=CCNC(=O)c1c(N)n(-c2ccc(C(F)(F)F)cc2)c2nc3ccccc3nc12. The van der Waals surface area contributed by atoms with E-state index in [-0.39, 0.29) is 29.1 Å². The lowest BCUT2D eigenvalue weighted by molar-refractivity contribution is -0.137. The van der Waals surface area contributed by atoms with Crippen molar-refractivity contribution in [3.05, 3.63) is 72.3 Å². The lowest BCUT2D eigenvalue weighted by Gasteiger charge is -2.10. The van der Waals surface area contributed by atoms with Crippen LogP contribution in [0.5, 0.6) is 0 Å². The van der Waals surface area contributed by atoms with E-state index in [9.17, 15) is 18.0 Å². The fourth-order valence-corrected chi connectivity index (χ4v) is 3.20. The molecule has 4 rings (SSSR count). The number of alkyl halides is 3. The summed E-state index contributed by atoms with van der Waals surface area (Å²) in [5, 5.41) is 2.66. The number of nitrogens with zero attached hydrogens (tertiary/aromatic N) is 3. The number of anilines is 1. The average molecular weight is 411 g/mol. The van der Waals surface area contributed by atoms with Crippen LogP contribution in [0.2, 0.25) is 0 Å². The molecule has 0 unspecified atom stereocenters. The largest absolute Gasteiger partial charge is 0.416 e. The van der Waals surface area contributed by atoms with Gasteiger partial charge in [0.2, 0.25) is 0 Å². The summed E-state index contributed by atoms with van der Waals surface area (Å²) in [7, 11) is 0. The van der Waals surface area contributed by atoms with E-state index in [0.717, 1.165) is 12.1 Å². The first-order valence-corrected chi connectivity index (χ1v) is 8.94. The van der Waals surface area contributed by atoms with E-state index in [1.165, 1.54) is 22.8 Å². The highest BCUT2D eigenvalue weighted by molar-refractivity contribution is 6.11. The van der Waals surface area contributed by atoms with Gasteiger partial charge in [-0.3, -0.25) is 9.36 Å². The fraction of sp³-hybridized carbons (Fsp3) is 0.0952. The standard InChI is InChI=1S/C21H16F3N5O/c1-2-11-26-20(30)16-17-19(28-15-6-4-3-5-14(15)27-17)29(18(16)25)13-9-7-12(8-10-13)21(22,23)24/h2-10H,1,11,25H2,(H,26,30). The molecule has 3 N–H and O–H groups in total. The van der Waals surface area contributed by atoms with Crippen molar-refractivity contribution in [1.29, 1.82) is 0 Å². The first-order chi connectivity index (χ1) is 14.3. The molecule has 0 bridgehead atoms. The monoisotopic (exact) mass is 411 g/mol. The minimum absolute atomic E-state index is 0.0293. The maximum absolute atomic E-state index is 12.9. The van der Waals surface area contributed by atoms with Crippen LogP contribution in [0.4, 0.5) is 19.0 Å². The van der Waals surface area contributed by atoms with Gasteiger partial charge in [0.15, 0.2) is 5.65 Å². The summed E-state index contributed by atoms with van der Waals surface area (Å²) in [4.78, 5) is 21.8. The fourth-order valence-electron chi connectivity index (χ4n) is 3.20. The van der Waals surface area contributed by atoms with E-state index in [4.69, 9.17) is 5.73 Å². The Kier molecular flexibility index (Phi) is 4.65. The van der Waals surface area contributed by atoms with Crippen LogP contribution >= 0.6 is 0 Å². The summed E-state index contributed by atoms with van der Waals surface area (Å²) < 4.78 is 40.3. The number of para-hydroxylation sites is 2. The zero-order chi connectivity index (χ0) is 21.5. The second-order valence-electron chi connectivity index (χ2n) is 6.52. The number of hydrogen-bond acceptors (Lipinski definition) is 4. The van der Waals surface area contributed by atoms with Gasteiger partial charge in [0.25, 0.3) is 5.91 Å². The highest BCUT2D eigenvalue weighted by atomic mass is 19.4. The van der Waals surface area contributed by atoms with Crippen molar-refractivity contribution in [2.75, 3.05) is 12.3 Å². The normalized spacial score (nSPS) is 11.7. The van der Waals surface area contributed by atoms with Crippen LogP contribution in [-0.2, 0) is 6.18 Å². The van der Waals surface area contributed by atoms with E-state index < -0.39 is 17.6 Å². The summed E-state index contributed by atoms with van der Waals surface area (Å²) in [5.41, 5.74) is 7.58. The number of nitrogens with one attached hydrogen (secondary N) is 1. The van der Waals surface area contributed by atoms with E-state index in [1.807, 2.05) is 0 Å². The van der Waals surface area contributed by atoms with Gasteiger partial charge in [0.05, 0.1) is 16.6 Å². The van der Waals surface area contributed by atoms with Gasteiger partial charge in [-0.05, 0) is 36.4 Å². The number of fused-ring (bicyclic) bond motifs is 2. The molecule has 0 fully saturated rings. The van der Waals surface area contributed by atoms with Gasteiger partial charge in [-0.1, -0.05) is 18.2 Å². The quantitative estimate of drug-likeness (QED) is 0.496. The Hall–Kier alpha value is -3.88. The molecule has 2 aromatic heterocycles. The number of aromatic nitrogens is 3. The zero-order valence-electron chi connectivity index (χ0n) is 15.6. The highest BCUT2D eigenvalue weighted by Crippen LogP contribution is 2.33. The summed E-state index contributed by atoms with van der Waals surface area (Å²) in [5.74, 6) is -0.450. The molecule has 1 amide bonds. The van der Waals surface area contributed by atoms with E-state index in [0.29, 0.717) is 16.7 Å². The smallest absolute Gasteiger partial charge is 0.384 e. The van der Waals surface area contributed by atoms with Gasteiger partial charge in [-0.25, -0.2) is 9.97 Å². The maximum Gasteiger partial charge on any atom is 0.416 e. The molecule has 0 saturated heterocycles. The third-order valence-corrected chi connectivity index (χ3v) is 4.58. The number of amides is 1. The number of nitrogens with two attached hydrogens (primary N) is 1. The van der Waals surface area contributed by atoms with Gasteiger partial charge in [0, 0.05) is 12.2 Å². The number of rotatable bonds is 4. The van der Waals surface area contributed by atoms with Crippen LogP contribution in [0.15, 0.2) is 61.2 Å². The van der Waals surface area contributed by atoms with Gasteiger partial charge < -0.3 is 11.1 Å². The Morgan fingerprint density at radius 1 is 1.10 bits per heavy atom. The number of carbonyl (C=O) groups is 1. The molecule has 30 heavy (non-hydrogen) atoms. The molecule has 0 radical (unpaired) electrons. The molecule has 9 heteroatoms. The average Bonchev–Trinajstić information content (AvgIpc) is 3.00. The Balaban J connectivity index is 1.98. The third kappa shape index (κ3) is 3.24. The number of nitrogen functional groups attached to an aromatic ring is 1. The van der Waals surface area contributed by atoms with Gasteiger partial charge in [0.1, 0.15) is 16.9 Å². The zero-order valence-corrected chi connectivity index (χ0v) is 15.6. The molecule has 2 aromatic carbocycles. The summed E-state index contributed by atoms with van der Waals surface area (Å²) >= 11 is 0. The molecule has 0 aliphatic rings. The van der Waals surface area contributed by atoms with E-state index in [2.05, 4.69) is 21.9 Å². The summed E-state index contributed by atoms with van der Waals surface area (Å²) in [6.45, 7) is 3.78. The van der Waals surface area contributed by atoms with Crippen LogP contribution in [0.3, 0.4) is 0 Å². The van der Waals surface area contributed by atoms with Crippen molar-refractivity contribution in [1.82, 2.24) is 19.9 Å². The molecule has 0 aliphatic carbocycles. The number of halogens is 3. The minimum atomic E-state index is -4.46. The first kappa shape index (κ1) is 19.4. The molecular weight excluding hydrogens is 395 g/mol. The molecule has 0 aliphatic heterocycles.